The van der Waals surface area contributed by atoms with Gasteiger partial charge in [-0.15, -0.1) is 0 Å². The number of hydrogen-bond acceptors (Lipinski definition) is 6. The van der Waals surface area contributed by atoms with E-state index in [2.05, 4.69) is 0 Å². The quantitative estimate of drug-likeness (QED) is 0.355. The van der Waals surface area contributed by atoms with Gasteiger partial charge in [-0.3, -0.25) is 4.79 Å². The minimum absolute atomic E-state index is 0.108. The Morgan fingerprint density at radius 2 is 1.72 bits per heavy atom. The van der Waals surface area contributed by atoms with E-state index >= 15 is 0 Å². The molecule has 1 aromatic heterocycles. The Labute approximate surface area is 185 Å². The molecule has 0 fully saturated rings. The van der Waals surface area contributed by atoms with Crippen molar-refractivity contribution in [2.75, 3.05) is 6.61 Å². The Kier molecular flexibility index (Phi) is 6.51. The van der Waals surface area contributed by atoms with Gasteiger partial charge in [0.2, 0.25) is 11.2 Å². The number of carbonyl (C=O) groups is 1. The number of ether oxygens (including phenoxy) is 3. The van der Waals surface area contributed by atoms with Gasteiger partial charge in [0.1, 0.15) is 30.0 Å². The lowest BCUT2D eigenvalue weighted by atomic mass is 10.1. The van der Waals surface area contributed by atoms with E-state index in [-0.39, 0.29) is 24.4 Å². The lowest BCUT2D eigenvalue weighted by Gasteiger charge is -2.10. The Morgan fingerprint density at radius 1 is 0.938 bits per heavy atom. The molecule has 3 aromatic carbocycles. The normalized spacial score (nSPS) is 10.7. The summed E-state index contributed by atoms with van der Waals surface area (Å²) in [5.74, 6) is 0.628. The van der Waals surface area contributed by atoms with Crippen molar-refractivity contribution >= 4 is 16.9 Å². The molecular formula is C26H22O6. The van der Waals surface area contributed by atoms with Gasteiger partial charge in [0.25, 0.3) is 0 Å². The summed E-state index contributed by atoms with van der Waals surface area (Å²) < 4.78 is 22.1. The summed E-state index contributed by atoms with van der Waals surface area (Å²) in [6.07, 6.45) is 2.07. The molecule has 0 atom stereocenters. The molecule has 6 heteroatoms. The number of fused-ring (bicyclic) bond motifs is 1. The highest BCUT2D eigenvalue weighted by atomic mass is 16.6. The largest absolute Gasteiger partial charge is 0.482 e. The molecule has 162 valence electrons. The van der Waals surface area contributed by atoms with Crippen LogP contribution in [0.3, 0.4) is 0 Å². The van der Waals surface area contributed by atoms with Crippen molar-refractivity contribution in [1.82, 2.24) is 0 Å². The molecule has 0 aliphatic rings. The maximum Gasteiger partial charge on any atom is 0.344 e. The summed E-state index contributed by atoms with van der Waals surface area (Å²) in [5.41, 5.74) is 1.94. The van der Waals surface area contributed by atoms with Crippen molar-refractivity contribution in [3.05, 3.63) is 100 Å². The first-order chi connectivity index (χ1) is 15.6. The molecule has 32 heavy (non-hydrogen) atoms. The molecule has 0 saturated heterocycles. The van der Waals surface area contributed by atoms with Gasteiger partial charge in [0, 0.05) is 6.07 Å². The molecule has 0 spiro atoms. The molecule has 0 amide bonds. The summed E-state index contributed by atoms with van der Waals surface area (Å²) in [6, 6.07) is 21.7. The molecule has 1 heterocycles. The Balaban J connectivity index is 1.42. The van der Waals surface area contributed by atoms with Crippen LogP contribution in [0.15, 0.2) is 88.3 Å². The number of hydrogen-bond donors (Lipinski definition) is 0. The van der Waals surface area contributed by atoms with Crippen LogP contribution in [-0.2, 0) is 22.6 Å². The first-order valence-electron chi connectivity index (χ1n) is 10.3. The first kappa shape index (κ1) is 21.2. The summed E-state index contributed by atoms with van der Waals surface area (Å²) in [6.45, 7) is 1.95. The second kappa shape index (κ2) is 9.83. The smallest absolute Gasteiger partial charge is 0.344 e. The van der Waals surface area contributed by atoms with Gasteiger partial charge in [0.15, 0.2) is 6.61 Å². The third-order valence-corrected chi connectivity index (χ3v) is 4.89. The van der Waals surface area contributed by atoms with Crippen LogP contribution in [0.25, 0.3) is 11.0 Å². The highest BCUT2D eigenvalue weighted by molar-refractivity contribution is 5.79. The van der Waals surface area contributed by atoms with Crippen LogP contribution in [-0.4, -0.2) is 12.6 Å². The van der Waals surface area contributed by atoms with Gasteiger partial charge in [-0.05, 0) is 35.7 Å². The molecule has 4 aromatic rings. The van der Waals surface area contributed by atoms with Gasteiger partial charge in [0.05, 0.1) is 5.39 Å². The molecule has 0 aliphatic heterocycles. The monoisotopic (exact) mass is 430 g/mol. The zero-order chi connectivity index (χ0) is 22.3. The van der Waals surface area contributed by atoms with E-state index in [9.17, 15) is 9.59 Å². The van der Waals surface area contributed by atoms with E-state index in [1.54, 1.807) is 18.2 Å². The van der Waals surface area contributed by atoms with Crippen molar-refractivity contribution in [2.24, 2.45) is 0 Å². The number of esters is 1. The second-order valence-electron chi connectivity index (χ2n) is 7.09. The van der Waals surface area contributed by atoms with E-state index in [0.717, 1.165) is 17.5 Å². The third kappa shape index (κ3) is 4.98. The van der Waals surface area contributed by atoms with E-state index in [1.807, 2.05) is 61.5 Å². The second-order valence-corrected chi connectivity index (χ2v) is 7.09. The van der Waals surface area contributed by atoms with Crippen molar-refractivity contribution in [3.8, 4) is 17.2 Å². The Hall–Kier alpha value is -4.06. The number of benzene rings is 3. The summed E-state index contributed by atoms with van der Waals surface area (Å²) >= 11 is 0. The van der Waals surface area contributed by atoms with Crippen molar-refractivity contribution in [1.29, 1.82) is 0 Å². The predicted molar refractivity (Wildman–Crippen MR) is 120 cm³/mol. The van der Waals surface area contributed by atoms with Gasteiger partial charge in [-0.1, -0.05) is 55.5 Å². The molecular weight excluding hydrogens is 408 g/mol. The lowest BCUT2D eigenvalue weighted by Crippen LogP contribution is -2.14. The average molecular weight is 430 g/mol. The van der Waals surface area contributed by atoms with Gasteiger partial charge >= 0.3 is 5.97 Å². The maximum absolute atomic E-state index is 12.8. The zero-order valence-corrected chi connectivity index (χ0v) is 17.6. The highest BCUT2D eigenvalue weighted by Gasteiger charge is 2.12. The number of para-hydroxylation sites is 1. The van der Waals surface area contributed by atoms with Crippen LogP contribution < -0.4 is 14.9 Å². The molecule has 0 aliphatic carbocycles. The summed E-state index contributed by atoms with van der Waals surface area (Å²) in [4.78, 5) is 24.8. The first-order valence-corrected chi connectivity index (χ1v) is 10.3. The maximum atomic E-state index is 12.8. The molecule has 0 saturated carbocycles. The van der Waals surface area contributed by atoms with E-state index in [0.29, 0.717) is 22.5 Å². The van der Waals surface area contributed by atoms with E-state index in [4.69, 9.17) is 18.6 Å². The molecule has 6 nitrogen and oxygen atoms in total. The minimum Gasteiger partial charge on any atom is -0.482 e. The van der Waals surface area contributed by atoms with Gasteiger partial charge in [-0.25, -0.2) is 4.79 Å². The molecule has 0 N–H and O–H groups in total. The van der Waals surface area contributed by atoms with Crippen LogP contribution in [0.1, 0.15) is 18.1 Å². The summed E-state index contributed by atoms with van der Waals surface area (Å²) in [7, 11) is 0. The van der Waals surface area contributed by atoms with Gasteiger partial charge in [-0.2, -0.15) is 0 Å². The predicted octanol–water partition coefficient (Wildman–Crippen LogP) is 5.27. The number of carbonyl (C=O) groups excluding carboxylic acids is 1. The molecule has 0 unspecified atom stereocenters. The van der Waals surface area contributed by atoms with E-state index in [1.165, 1.54) is 6.26 Å². The van der Waals surface area contributed by atoms with Gasteiger partial charge < -0.3 is 18.6 Å². The van der Waals surface area contributed by atoms with Crippen LogP contribution in [0.2, 0.25) is 0 Å². The van der Waals surface area contributed by atoms with E-state index < -0.39 is 5.97 Å². The lowest BCUT2D eigenvalue weighted by molar-refractivity contribution is -0.147. The molecule has 0 bridgehead atoms. The topological polar surface area (TPSA) is 75.0 Å². The fourth-order valence-corrected chi connectivity index (χ4v) is 3.19. The fraction of sp³-hybridized carbons (Fsp3) is 0.154. The molecule has 0 radical (unpaired) electrons. The minimum atomic E-state index is -0.492. The van der Waals surface area contributed by atoms with Crippen LogP contribution in [0, 0.1) is 0 Å². The summed E-state index contributed by atoms with van der Waals surface area (Å²) in [5, 5.41) is 0.357. The van der Waals surface area contributed by atoms with Crippen LogP contribution in [0.5, 0.6) is 17.2 Å². The van der Waals surface area contributed by atoms with Crippen LogP contribution >= 0.6 is 0 Å². The van der Waals surface area contributed by atoms with Crippen molar-refractivity contribution in [2.45, 2.75) is 20.0 Å². The number of aryl methyl sites for hydroxylation is 1. The Bertz CT molecular complexity index is 1280. The molecule has 4 rings (SSSR count). The SMILES string of the molecule is CCc1ccccc1Oc1coc2cc(OCC(=O)OCc3ccccc3)ccc2c1=O. The van der Waals surface area contributed by atoms with Crippen LogP contribution in [0.4, 0.5) is 0 Å². The van der Waals surface area contributed by atoms with Crippen molar-refractivity contribution in [3.63, 3.8) is 0 Å². The number of rotatable bonds is 8. The fourth-order valence-electron chi connectivity index (χ4n) is 3.19. The third-order valence-electron chi connectivity index (χ3n) is 4.89. The standard InChI is InChI=1S/C26H22O6/c1-2-19-10-6-7-11-22(19)32-24-16-30-23-14-20(12-13-21(23)26(24)28)29-17-25(27)31-15-18-8-4-3-5-9-18/h3-14,16H,2,15,17H2,1H3. The Morgan fingerprint density at radius 3 is 2.53 bits per heavy atom. The van der Waals surface area contributed by atoms with Crippen molar-refractivity contribution < 1.29 is 23.4 Å². The average Bonchev–Trinajstić information content (AvgIpc) is 2.84. The highest BCUT2D eigenvalue weighted by Crippen LogP contribution is 2.26. The zero-order valence-electron chi connectivity index (χ0n) is 17.6.